The summed E-state index contributed by atoms with van der Waals surface area (Å²) < 4.78 is 0. The van der Waals surface area contributed by atoms with Crippen LogP contribution in [0.25, 0.3) is 10.9 Å². The van der Waals surface area contributed by atoms with E-state index in [1.165, 1.54) is 0 Å². The molecule has 1 aromatic carbocycles. The van der Waals surface area contributed by atoms with E-state index in [1.807, 2.05) is 30.0 Å². The number of rotatable bonds is 1. The van der Waals surface area contributed by atoms with Crippen molar-refractivity contribution in [1.29, 1.82) is 0 Å². The summed E-state index contributed by atoms with van der Waals surface area (Å²) in [6.07, 6.45) is 0. The van der Waals surface area contributed by atoms with Crippen LogP contribution in [0.2, 0.25) is 0 Å². The van der Waals surface area contributed by atoms with Crippen LogP contribution in [0.4, 0.5) is 10.5 Å². The normalized spacial score (nSPS) is 23.3. The van der Waals surface area contributed by atoms with Gasteiger partial charge in [0.25, 0.3) is 0 Å². The van der Waals surface area contributed by atoms with Gasteiger partial charge < -0.3 is 20.5 Å². The third kappa shape index (κ3) is 2.59. The second kappa shape index (κ2) is 5.38. The molecule has 3 heterocycles. The summed E-state index contributed by atoms with van der Waals surface area (Å²) in [5, 5.41) is 7.31. The zero-order valence-corrected chi connectivity index (χ0v) is 13.1. The number of H-pyrrole nitrogens is 1. The van der Waals surface area contributed by atoms with Crippen molar-refractivity contribution in [2.75, 3.05) is 31.5 Å². The molecule has 3 N–H and O–H groups in total. The number of aromatic nitrogens is 1. The second-order valence-corrected chi connectivity index (χ2v) is 6.59. The SMILES string of the molecule is Cc1cc(=O)[nH]c2cc(NC(=O)N3C[C@H]4CNC[C@H]4C3)ccc12. The number of fused-ring (bicyclic) bond motifs is 2. The number of nitrogens with one attached hydrogen (secondary N) is 3. The van der Waals surface area contributed by atoms with Gasteiger partial charge in [0.2, 0.25) is 5.56 Å². The number of pyridine rings is 1. The van der Waals surface area contributed by atoms with E-state index in [9.17, 15) is 9.59 Å². The van der Waals surface area contributed by atoms with Gasteiger partial charge in [0, 0.05) is 43.3 Å². The van der Waals surface area contributed by atoms with E-state index in [1.54, 1.807) is 6.07 Å². The van der Waals surface area contributed by atoms with Crippen molar-refractivity contribution in [1.82, 2.24) is 15.2 Å². The average molecular weight is 312 g/mol. The molecule has 0 unspecified atom stereocenters. The highest BCUT2D eigenvalue weighted by Crippen LogP contribution is 2.27. The average Bonchev–Trinajstić information content (AvgIpc) is 3.07. The maximum Gasteiger partial charge on any atom is 0.321 e. The number of amides is 2. The molecule has 0 spiro atoms. The van der Waals surface area contributed by atoms with Crippen molar-refractivity contribution in [2.45, 2.75) is 6.92 Å². The molecule has 2 aliphatic heterocycles. The van der Waals surface area contributed by atoms with Gasteiger partial charge in [0.05, 0.1) is 5.52 Å². The van der Waals surface area contributed by atoms with E-state index in [4.69, 9.17) is 0 Å². The zero-order chi connectivity index (χ0) is 16.0. The Morgan fingerprint density at radius 3 is 2.70 bits per heavy atom. The van der Waals surface area contributed by atoms with Crippen LogP contribution in [0, 0.1) is 18.8 Å². The first-order valence-corrected chi connectivity index (χ1v) is 8.00. The fraction of sp³-hybridized carbons (Fsp3) is 0.412. The molecular weight excluding hydrogens is 292 g/mol. The summed E-state index contributed by atoms with van der Waals surface area (Å²) >= 11 is 0. The van der Waals surface area contributed by atoms with Gasteiger partial charge in [-0.2, -0.15) is 0 Å². The lowest BCUT2D eigenvalue weighted by molar-refractivity contribution is 0.219. The summed E-state index contributed by atoms with van der Waals surface area (Å²) in [4.78, 5) is 28.7. The first-order chi connectivity index (χ1) is 11.1. The van der Waals surface area contributed by atoms with Crippen molar-refractivity contribution in [3.8, 4) is 0 Å². The molecule has 6 nitrogen and oxygen atoms in total. The summed E-state index contributed by atoms with van der Waals surface area (Å²) in [6, 6.07) is 7.15. The Bertz CT molecular complexity index is 817. The molecule has 2 aliphatic rings. The Labute approximate surface area is 133 Å². The summed E-state index contributed by atoms with van der Waals surface area (Å²) in [5.41, 5.74) is 2.26. The molecule has 1 aromatic heterocycles. The second-order valence-electron chi connectivity index (χ2n) is 6.59. The first-order valence-electron chi connectivity index (χ1n) is 8.00. The Hall–Kier alpha value is -2.34. The smallest absolute Gasteiger partial charge is 0.321 e. The van der Waals surface area contributed by atoms with E-state index < -0.39 is 0 Å². The van der Waals surface area contributed by atoms with Crippen molar-refractivity contribution >= 4 is 22.6 Å². The molecule has 120 valence electrons. The Kier molecular flexibility index (Phi) is 3.34. The van der Waals surface area contributed by atoms with Crippen LogP contribution in [-0.4, -0.2) is 42.1 Å². The van der Waals surface area contributed by atoms with Crippen molar-refractivity contribution in [3.05, 3.63) is 40.2 Å². The highest BCUT2D eigenvalue weighted by molar-refractivity contribution is 5.93. The number of aromatic amines is 1. The Balaban J connectivity index is 1.53. The van der Waals surface area contributed by atoms with Crippen LogP contribution in [0.3, 0.4) is 0 Å². The van der Waals surface area contributed by atoms with E-state index in [0.717, 1.165) is 42.6 Å². The van der Waals surface area contributed by atoms with Crippen molar-refractivity contribution in [2.24, 2.45) is 11.8 Å². The van der Waals surface area contributed by atoms with Gasteiger partial charge in [0.15, 0.2) is 0 Å². The van der Waals surface area contributed by atoms with Crippen LogP contribution in [0.1, 0.15) is 5.56 Å². The molecule has 2 saturated heterocycles. The van der Waals surface area contributed by atoms with Gasteiger partial charge in [-0.25, -0.2) is 4.79 Å². The molecule has 2 aromatic rings. The minimum atomic E-state index is -0.127. The molecule has 2 fully saturated rings. The molecule has 4 rings (SSSR count). The van der Waals surface area contributed by atoms with E-state index in [-0.39, 0.29) is 11.6 Å². The zero-order valence-electron chi connectivity index (χ0n) is 13.1. The molecule has 23 heavy (non-hydrogen) atoms. The molecule has 0 saturated carbocycles. The minimum absolute atomic E-state index is 0.0613. The Morgan fingerprint density at radius 2 is 1.96 bits per heavy atom. The van der Waals surface area contributed by atoms with Crippen LogP contribution >= 0.6 is 0 Å². The molecule has 2 amide bonds. The lowest BCUT2D eigenvalue weighted by Gasteiger charge is -2.18. The number of benzene rings is 1. The number of hydrogen-bond acceptors (Lipinski definition) is 3. The molecular formula is C17H20N4O2. The number of carbonyl (C=O) groups excluding carboxylic acids is 1. The van der Waals surface area contributed by atoms with Gasteiger partial charge in [-0.3, -0.25) is 4.79 Å². The van der Waals surface area contributed by atoms with Crippen LogP contribution < -0.4 is 16.2 Å². The number of urea groups is 1. The highest BCUT2D eigenvalue weighted by Gasteiger charge is 2.38. The number of hydrogen-bond donors (Lipinski definition) is 3. The lowest BCUT2D eigenvalue weighted by Crippen LogP contribution is -2.35. The van der Waals surface area contributed by atoms with Gasteiger partial charge in [0.1, 0.15) is 0 Å². The van der Waals surface area contributed by atoms with Crippen molar-refractivity contribution < 1.29 is 4.79 Å². The lowest BCUT2D eigenvalue weighted by atomic mass is 10.0. The Morgan fingerprint density at radius 1 is 1.22 bits per heavy atom. The van der Waals surface area contributed by atoms with Gasteiger partial charge in [-0.05, 0) is 36.5 Å². The van der Waals surface area contributed by atoms with E-state index in [0.29, 0.717) is 17.5 Å². The van der Waals surface area contributed by atoms with E-state index >= 15 is 0 Å². The topological polar surface area (TPSA) is 77.2 Å². The summed E-state index contributed by atoms with van der Waals surface area (Å²) in [5.74, 6) is 1.16. The van der Waals surface area contributed by atoms with Gasteiger partial charge >= 0.3 is 6.03 Å². The molecule has 0 radical (unpaired) electrons. The van der Waals surface area contributed by atoms with Gasteiger partial charge in [-0.15, -0.1) is 0 Å². The number of carbonyl (C=O) groups is 1. The summed E-state index contributed by atoms with van der Waals surface area (Å²) in [7, 11) is 0. The molecule has 6 heteroatoms. The minimum Gasteiger partial charge on any atom is -0.324 e. The van der Waals surface area contributed by atoms with Crippen molar-refractivity contribution in [3.63, 3.8) is 0 Å². The number of aryl methyl sites for hydroxylation is 1. The van der Waals surface area contributed by atoms with Crippen LogP contribution in [0.15, 0.2) is 29.1 Å². The van der Waals surface area contributed by atoms with Crippen LogP contribution in [-0.2, 0) is 0 Å². The monoisotopic (exact) mass is 312 g/mol. The van der Waals surface area contributed by atoms with E-state index in [2.05, 4.69) is 15.6 Å². The largest absolute Gasteiger partial charge is 0.324 e. The maximum atomic E-state index is 12.4. The van der Waals surface area contributed by atoms with Crippen LogP contribution in [0.5, 0.6) is 0 Å². The third-order valence-electron chi connectivity index (χ3n) is 4.98. The molecule has 0 aliphatic carbocycles. The standard InChI is InChI=1S/C17H20N4O2/c1-10-4-16(22)20-15-5-13(2-3-14(10)15)19-17(23)21-8-11-6-18-7-12(11)9-21/h2-5,11-12,18H,6-9H2,1H3,(H,19,23)(H,20,22)/t11-,12+. The first kappa shape index (κ1) is 14.3. The molecule has 0 bridgehead atoms. The predicted molar refractivity (Wildman–Crippen MR) is 89.7 cm³/mol. The third-order valence-corrected chi connectivity index (χ3v) is 4.98. The number of anilines is 1. The van der Waals surface area contributed by atoms with Gasteiger partial charge in [-0.1, -0.05) is 6.07 Å². The predicted octanol–water partition coefficient (Wildman–Crippen LogP) is 1.52. The number of likely N-dealkylation sites (tertiary alicyclic amines) is 1. The quantitative estimate of drug-likeness (QED) is 0.747. The maximum absolute atomic E-state index is 12.4. The fourth-order valence-corrected chi connectivity index (χ4v) is 3.74. The molecule has 2 atom stereocenters. The number of nitrogens with zero attached hydrogens (tertiary/aromatic N) is 1. The highest BCUT2D eigenvalue weighted by atomic mass is 16.2. The fourth-order valence-electron chi connectivity index (χ4n) is 3.74. The summed E-state index contributed by atoms with van der Waals surface area (Å²) in [6.45, 7) is 5.54.